The molecule has 5 nitrogen and oxygen atoms in total. The van der Waals surface area contributed by atoms with Crippen molar-refractivity contribution in [2.45, 2.75) is 45.2 Å². The summed E-state index contributed by atoms with van der Waals surface area (Å²) in [5, 5.41) is 11.2. The van der Waals surface area contributed by atoms with E-state index in [0.29, 0.717) is 0 Å². The van der Waals surface area contributed by atoms with Crippen molar-refractivity contribution >= 4 is 5.96 Å². The Morgan fingerprint density at radius 1 is 1.15 bits per heavy atom. The van der Waals surface area contributed by atoms with Gasteiger partial charge in [0.1, 0.15) is 0 Å². The van der Waals surface area contributed by atoms with Crippen molar-refractivity contribution in [3.05, 3.63) is 65.5 Å². The zero-order valence-electron chi connectivity index (χ0n) is 15.6. The van der Waals surface area contributed by atoms with Crippen LogP contribution in [-0.4, -0.2) is 29.3 Å². The van der Waals surface area contributed by atoms with E-state index in [1.54, 1.807) is 5.57 Å². The maximum absolute atomic E-state index is 4.35. The number of guanidine groups is 1. The molecule has 0 saturated carbocycles. The standard InChI is InChI=1S/C21H29N5/c1-22-21(23-14-12-18-8-3-2-4-9-18)24-16-19-10-5-6-11-20(19)17-26-15-7-13-25-26/h5-8,10-11,13,15H,2-4,9,12,14,16-17H2,1H3,(H2,22,23,24). The van der Waals surface area contributed by atoms with Crippen molar-refractivity contribution in [2.24, 2.45) is 4.99 Å². The molecule has 0 aliphatic heterocycles. The molecule has 0 spiro atoms. The van der Waals surface area contributed by atoms with E-state index in [1.165, 1.54) is 36.8 Å². The Bertz CT molecular complexity index is 731. The molecule has 0 bridgehead atoms. The number of hydrogen-bond acceptors (Lipinski definition) is 2. The fourth-order valence-corrected chi connectivity index (χ4v) is 3.33. The van der Waals surface area contributed by atoms with Gasteiger partial charge in [0.25, 0.3) is 0 Å². The monoisotopic (exact) mass is 351 g/mol. The Balaban J connectivity index is 1.49. The molecule has 5 heteroatoms. The highest BCUT2D eigenvalue weighted by molar-refractivity contribution is 5.79. The number of nitrogens with zero attached hydrogens (tertiary/aromatic N) is 3. The summed E-state index contributed by atoms with van der Waals surface area (Å²) in [7, 11) is 1.82. The van der Waals surface area contributed by atoms with E-state index >= 15 is 0 Å². The van der Waals surface area contributed by atoms with Crippen LogP contribution in [0.15, 0.2) is 59.4 Å². The maximum atomic E-state index is 4.35. The molecular formula is C21H29N5. The lowest BCUT2D eigenvalue weighted by atomic mass is 9.97. The van der Waals surface area contributed by atoms with Gasteiger partial charge in [0.2, 0.25) is 0 Å². The zero-order chi connectivity index (χ0) is 18.0. The van der Waals surface area contributed by atoms with Crippen LogP contribution >= 0.6 is 0 Å². The predicted molar refractivity (Wildman–Crippen MR) is 107 cm³/mol. The topological polar surface area (TPSA) is 54.2 Å². The van der Waals surface area contributed by atoms with E-state index in [2.05, 4.69) is 51.1 Å². The van der Waals surface area contributed by atoms with Crippen molar-refractivity contribution in [1.29, 1.82) is 0 Å². The third-order valence-electron chi connectivity index (χ3n) is 4.80. The van der Waals surface area contributed by atoms with Gasteiger partial charge in [-0.15, -0.1) is 0 Å². The van der Waals surface area contributed by atoms with Crippen LogP contribution in [0.1, 0.15) is 43.2 Å². The van der Waals surface area contributed by atoms with Crippen LogP contribution in [0.5, 0.6) is 0 Å². The molecule has 0 saturated heterocycles. The van der Waals surface area contributed by atoms with Gasteiger partial charge in [-0.1, -0.05) is 35.9 Å². The minimum Gasteiger partial charge on any atom is -0.356 e. The number of aromatic nitrogens is 2. The van der Waals surface area contributed by atoms with E-state index in [9.17, 15) is 0 Å². The van der Waals surface area contributed by atoms with Gasteiger partial charge in [-0.2, -0.15) is 5.10 Å². The molecule has 0 unspecified atom stereocenters. The Morgan fingerprint density at radius 3 is 2.77 bits per heavy atom. The smallest absolute Gasteiger partial charge is 0.191 e. The molecular weight excluding hydrogens is 322 g/mol. The summed E-state index contributed by atoms with van der Waals surface area (Å²) in [5.74, 6) is 0.857. The molecule has 0 fully saturated rings. The summed E-state index contributed by atoms with van der Waals surface area (Å²) in [6.07, 6.45) is 12.5. The molecule has 1 aromatic carbocycles. The third kappa shape index (κ3) is 5.48. The van der Waals surface area contributed by atoms with Crippen molar-refractivity contribution in [3.8, 4) is 0 Å². The second kappa shape index (κ2) is 9.80. The van der Waals surface area contributed by atoms with Crippen LogP contribution in [0.3, 0.4) is 0 Å². The van der Waals surface area contributed by atoms with Gasteiger partial charge in [0.15, 0.2) is 5.96 Å². The normalized spacial score (nSPS) is 14.8. The fraction of sp³-hybridized carbons (Fsp3) is 0.429. The van der Waals surface area contributed by atoms with E-state index in [-0.39, 0.29) is 0 Å². The van der Waals surface area contributed by atoms with Gasteiger partial charge >= 0.3 is 0 Å². The summed E-state index contributed by atoms with van der Waals surface area (Å²) in [4.78, 5) is 4.35. The quantitative estimate of drug-likeness (QED) is 0.456. The summed E-state index contributed by atoms with van der Waals surface area (Å²) >= 11 is 0. The van der Waals surface area contributed by atoms with E-state index in [1.807, 2.05) is 30.2 Å². The van der Waals surface area contributed by atoms with Crippen LogP contribution in [0, 0.1) is 0 Å². The van der Waals surface area contributed by atoms with Crippen molar-refractivity contribution < 1.29 is 0 Å². The van der Waals surface area contributed by atoms with Crippen molar-refractivity contribution in [2.75, 3.05) is 13.6 Å². The molecule has 1 aromatic heterocycles. The molecule has 2 aromatic rings. The first-order valence-corrected chi connectivity index (χ1v) is 9.52. The van der Waals surface area contributed by atoms with Crippen LogP contribution in [0.4, 0.5) is 0 Å². The SMILES string of the molecule is CN=C(NCCC1=CCCCC1)NCc1ccccc1Cn1cccn1. The summed E-state index contributed by atoms with van der Waals surface area (Å²) < 4.78 is 1.95. The number of hydrogen-bond donors (Lipinski definition) is 2. The average Bonchev–Trinajstić information content (AvgIpc) is 3.19. The molecule has 1 aliphatic rings. The molecule has 0 atom stereocenters. The molecule has 26 heavy (non-hydrogen) atoms. The van der Waals surface area contributed by atoms with E-state index in [0.717, 1.165) is 32.0 Å². The fourth-order valence-electron chi connectivity index (χ4n) is 3.33. The highest BCUT2D eigenvalue weighted by atomic mass is 15.3. The van der Waals surface area contributed by atoms with E-state index in [4.69, 9.17) is 0 Å². The van der Waals surface area contributed by atoms with Crippen LogP contribution in [0.2, 0.25) is 0 Å². The van der Waals surface area contributed by atoms with Gasteiger partial charge in [0.05, 0.1) is 6.54 Å². The van der Waals surface area contributed by atoms with Gasteiger partial charge in [-0.05, 0) is 49.3 Å². The largest absolute Gasteiger partial charge is 0.356 e. The van der Waals surface area contributed by atoms with E-state index < -0.39 is 0 Å². The Morgan fingerprint density at radius 2 is 2.04 bits per heavy atom. The Hall–Kier alpha value is -2.56. The minimum absolute atomic E-state index is 0.750. The predicted octanol–water partition coefficient (Wildman–Crippen LogP) is 3.49. The molecule has 138 valence electrons. The number of benzene rings is 1. The van der Waals surface area contributed by atoms with Gasteiger partial charge in [-0.3, -0.25) is 9.67 Å². The second-order valence-corrected chi connectivity index (χ2v) is 6.68. The van der Waals surface area contributed by atoms with Crippen LogP contribution in [0.25, 0.3) is 0 Å². The molecule has 0 amide bonds. The zero-order valence-corrected chi connectivity index (χ0v) is 15.6. The first-order chi connectivity index (χ1) is 12.8. The maximum Gasteiger partial charge on any atom is 0.191 e. The van der Waals surface area contributed by atoms with Gasteiger partial charge in [-0.25, -0.2) is 0 Å². The lowest BCUT2D eigenvalue weighted by molar-refractivity contribution is 0.663. The first-order valence-electron chi connectivity index (χ1n) is 9.52. The summed E-state index contributed by atoms with van der Waals surface area (Å²) in [5.41, 5.74) is 4.12. The summed E-state index contributed by atoms with van der Waals surface area (Å²) in [6, 6.07) is 10.4. The van der Waals surface area contributed by atoms with Crippen molar-refractivity contribution in [1.82, 2.24) is 20.4 Å². The second-order valence-electron chi connectivity index (χ2n) is 6.68. The number of allylic oxidation sites excluding steroid dienone is 1. The molecule has 1 heterocycles. The lowest BCUT2D eigenvalue weighted by Crippen LogP contribution is -2.37. The highest BCUT2D eigenvalue weighted by Crippen LogP contribution is 2.19. The van der Waals surface area contributed by atoms with Gasteiger partial charge < -0.3 is 10.6 Å². The van der Waals surface area contributed by atoms with Crippen molar-refractivity contribution in [3.63, 3.8) is 0 Å². The molecule has 1 aliphatic carbocycles. The average molecular weight is 351 g/mol. The summed E-state index contributed by atoms with van der Waals surface area (Å²) in [6.45, 7) is 2.46. The molecule has 0 radical (unpaired) electrons. The third-order valence-corrected chi connectivity index (χ3v) is 4.80. The molecule has 3 rings (SSSR count). The van der Waals surface area contributed by atoms with Crippen LogP contribution in [-0.2, 0) is 13.1 Å². The Kier molecular flexibility index (Phi) is 6.88. The highest BCUT2D eigenvalue weighted by Gasteiger charge is 2.06. The first kappa shape index (κ1) is 18.2. The minimum atomic E-state index is 0.750. The number of aliphatic imine (C=N–C) groups is 1. The number of nitrogens with one attached hydrogen (secondary N) is 2. The van der Waals surface area contributed by atoms with Crippen LogP contribution < -0.4 is 10.6 Å². The number of rotatable bonds is 7. The molecule has 2 N–H and O–H groups in total. The lowest BCUT2D eigenvalue weighted by Gasteiger charge is -2.16. The van der Waals surface area contributed by atoms with Gasteiger partial charge in [0, 0.05) is 32.5 Å². The Labute approximate surface area is 156 Å².